The number of amides is 2. The monoisotopic (exact) mass is 371 g/mol. The van der Waals surface area contributed by atoms with E-state index in [1.807, 2.05) is 17.5 Å². The predicted octanol–water partition coefficient (Wildman–Crippen LogP) is 1.71. The number of thiophene rings is 1. The second kappa shape index (κ2) is 6.68. The molecular weight excluding hydrogens is 357 g/mol. The van der Waals surface area contributed by atoms with Gasteiger partial charge in [0.2, 0.25) is 11.7 Å². The van der Waals surface area contributed by atoms with Gasteiger partial charge in [-0.2, -0.15) is 0 Å². The first-order chi connectivity index (χ1) is 12.6. The van der Waals surface area contributed by atoms with E-state index in [2.05, 4.69) is 15.4 Å². The summed E-state index contributed by atoms with van der Waals surface area (Å²) in [5.74, 6) is -0.467. The highest BCUT2D eigenvalue weighted by atomic mass is 32.1. The fourth-order valence-electron chi connectivity index (χ4n) is 2.68. The Morgan fingerprint density at radius 2 is 2.04 bits per heavy atom. The number of benzene rings is 1. The van der Waals surface area contributed by atoms with Crippen molar-refractivity contribution in [2.75, 3.05) is 19.6 Å². The van der Waals surface area contributed by atoms with Crippen molar-refractivity contribution in [2.24, 2.45) is 0 Å². The van der Waals surface area contributed by atoms with E-state index < -0.39 is 5.91 Å². The van der Waals surface area contributed by atoms with Crippen molar-refractivity contribution in [3.05, 3.63) is 53.4 Å². The molecule has 1 saturated heterocycles. The molecule has 2 aromatic heterocycles. The van der Waals surface area contributed by atoms with Crippen molar-refractivity contribution in [3.8, 4) is 16.4 Å². The lowest BCUT2D eigenvalue weighted by Crippen LogP contribution is -2.50. The van der Waals surface area contributed by atoms with Gasteiger partial charge in [-0.25, -0.2) is 14.1 Å². The number of hydrogen-bond acceptors (Lipinski definition) is 5. The topological polar surface area (TPSA) is 80.1 Å². The Hall–Kier alpha value is -3.07. The van der Waals surface area contributed by atoms with Gasteiger partial charge in [-0.3, -0.25) is 9.59 Å². The number of piperazine rings is 1. The van der Waals surface area contributed by atoms with Crippen molar-refractivity contribution in [1.82, 2.24) is 25.0 Å². The summed E-state index contributed by atoms with van der Waals surface area (Å²) in [5, 5.41) is 8.91. The molecule has 3 heterocycles. The maximum absolute atomic E-state index is 13.2. The molecule has 1 N–H and O–H groups in total. The number of carbonyl (C=O) groups excluding carboxylic acids is 2. The van der Waals surface area contributed by atoms with Crippen LogP contribution in [0.3, 0.4) is 0 Å². The normalized spacial score (nSPS) is 14.3. The van der Waals surface area contributed by atoms with Crippen LogP contribution in [0, 0.1) is 5.82 Å². The highest BCUT2D eigenvalue weighted by Gasteiger charge is 2.27. The Balaban J connectivity index is 1.75. The highest BCUT2D eigenvalue weighted by Crippen LogP contribution is 2.26. The van der Waals surface area contributed by atoms with Crippen molar-refractivity contribution in [1.29, 1.82) is 0 Å². The first-order valence-electron chi connectivity index (χ1n) is 7.94. The summed E-state index contributed by atoms with van der Waals surface area (Å²) in [7, 11) is 0. The van der Waals surface area contributed by atoms with Gasteiger partial charge in [0.25, 0.3) is 5.91 Å². The van der Waals surface area contributed by atoms with Gasteiger partial charge < -0.3 is 10.2 Å². The van der Waals surface area contributed by atoms with Gasteiger partial charge in [-0.15, -0.1) is 16.4 Å². The second-order valence-electron chi connectivity index (χ2n) is 5.70. The second-order valence-corrected chi connectivity index (χ2v) is 6.65. The lowest BCUT2D eigenvalue weighted by Gasteiger charge is -2.25. The summed E-state index contributed by atoms with van der Waals surface area (Å²) < 4.78 is 14.8. The first-order valence-corrected chi connectivity index (χ1v) is 8.82. The third-order valence-corrected chi connectivity index (χ3v) is 4.80. The molecule has 1 aromatic carbocycles. The van der Waals surface area contributed by atoms with Crippen molar-refractivity contribution in [2.45, 2.75) is 0 Å². The summed E-state index contributed by atoms with van der Waals surface area (Å²) in [6.45, 7) is 0.795. The van der Waals surface area contributed by atoms with Crippen molar-refractivity contribution in [3.63, 3.8) is 0 Å². The van der Waals surface area contributed by atoms with Crippen LogP contribution in [0.25, 0.3) is 16.4 Å². The van der Waals surface area contributed by atoms with E-state index in [9.17, 15) is 14.0 Å². The largest absolute Gasteiger partial charge is 0.353 e. The van der Waals surface area contributed by atoms with E-state index >= 15 is 0 Å². The van der Waals surface area contributed by atoms with Gasteiger partial charge in [0, 0.05) is 13.1 Å². The molecule has 0 radical (unpaired) electrons. The summed E-state index contributed by atoms with van der Waals surface area (Å²) in [6, 6.07) is 9.54. The predicted molar refractivity (Wildman–Crippen MR) is 93.5 cm³/mol. The average Bonchev–Trinajstić information content (AvgIpc) is 3.31. The lowest BCUT2D eigenvalue weighted by molar-refractivity contribution is -0.123. The maximum Gasteiger partial charge on any atom is 0.294 e. The molecular formula is C17H14FN5O2S. The molecule has 0 bridgehead atoms. The zero-order chi connectivity index (χ0) is 18.1. The average molecular weight is 371 g/mol. The first kappa shape index (κ1) is 16.4. The standard InChI is InChI=1S/C17H14FN5O2S/c18-11-3-5-12(6-4-11)23-16(13-2-1-9-26-13)20-15(21-23)17(25)22-8-7-19-14(24)10-22/h1-6,9H,7-8,10H2,(H,19,24). The number of halogens is 1. The molecule has 1 fully saturated rings. The molecule has 0 spiro atoms. The zero-order valence-electron chi connectivity index (χ0n) is 13.6. The number of rotatable bonds is 3. The van der Waals surface area contributed by atoms with Crippen LogP contribution in [0.2, 0.25) is 0 Å². The zero-order valence-corrected chi connectivity index (χ0v) is 14.4. The maximum atomic E-state index is 13.2. The van der Waals surface area contributed by atoms with Crippen LogP contribution in [0.15, 0.2) is 41.8 Å². The van der Waals surface area contributed by atoms with E-state index in [1.165, 1.54) is 33.1 Å². The Morgan fingerprint density at radius 3 is 2.73 bits per heavy atom. The number of nitrogens with one attached hydrogen (secondary N) is 1. The van der Waals surface area contributed by atoms with Crippen LogP contribution >= 0.6 is 11.3 Å². The highest BCUT2D eigenvalue weighted by molar-refractivity contribution is 7.13. The molecule has 0 saturated carbocycles. The molecule has 1 aliphatic rings. The summed E-state index contributed by atoms with van der Waals surface area (Å²) in [6.07, 6.45) is 0. The fraction of sp³-hybridized carbons (Fsp3) is 0.176. The van der Waals surface area contributed by atoms with Crippen LogP contribution < -0.4 is 5.32 Å². The fourth-order valence-corrected chi connectivity index (χ4v) is 3.38. The van der Waals surface area contributed by atoms with Crippen molar-refractivity contribution >= 4 is 23.2 Å². The van der Waals surface area contributed by atoms with Crippen LogP contribution in [0.5, 0.6) is 0 Å². The van der Waals surface area contributed by atoms with Gasteiger partial charge in [0.05, 0.1) is 10.6 Å². The van der Waals surface area contributed by atoms with E-state index in [1.54, 1.807) is 12.1 Å². The number of carbonyl (C=O) groups is 2. The summed E-state index contributed by atoms with van der Waals surface area (Å²) >= 11 is 1.46. The molecule has 132 valence electrons. The minimum atomic E-state index is -0.404. The Labute approximate surface area is 152 Å². The SMILES string of the molecule is O=C1CN(C(=O)c2nc(-c3cccs3)n(-c3ccc(F)cc3)n2)CCN1. The Morgan fingerprint density at radius 1 is 1.23 bits per heavy atom. The number of nitrogens with zero attached hydrogens (tertiary/aromatic N) is 4. The van der Waals surface area contributed by atoms with Crippen LogP contribution in [-0.4, -0.2) is 51.1 Å². The van der Waals surface area contributed by atoms with Gasteiger partial charge in [0.15, 0.2) is 5.82 Å². The number of aromatic nitrogens is 3. The van der Waals surface area contributed by atoms with Gasteiger partial charge in [-0.1, -0.05) is 6.07 Å². The smallest absolute Gasteiger partial charge is 0.294 e. The molecule has 3 aromatic rings. The minimum Gasteiger partial charge on any atom is -0.353 e. The van der Waals surface area contributed by atoms with E-state index in [0.29, 0.717) is 24.6 Å². The third-order valence-electron chi connectivity index (χ3n) is 3.94. The summed E-state index contributed by atoms with van der Waals surface area (Å²) in [4.78, 5) is 30.9. The molecule has 0 aliphatic carbocycles. The Bertz CT molecular complexity index is 952. The molecule has 2 amide bonds. The molecule has 7 nitrogen and oxygen atoms in total. The Kier molecular flexibility index (Phi) is 4.21. The number of hydrogen-bond donors (Lipinski definition) is 1. The van der Waals surface area contributed by atoms with Gasteiger partial charge >= 0.3 is 0 Å². The quantitative estimate of drug-likeness (QED) is 0.760. The molecule has 9 heteroatoms. The van der Waals surface area contributed by atoms with E-state index in [4.69, 9.17) is 0 Å². The minimum absolute atomic E-state index is 0.00687. The van der Waals surface area contributed by atoms with E-state index in [0.717, 1.165) is 4.88 Å². The van der Waals surface area contributed by atoms with E-state index in [-0.39, 0.29) is 24.1 Å². The van der Waals surface area contributed by atoms with Crippen LogP contribution in [0.1, 0.15) is 10.6 Å². The molecule has 0 unspecified atom stereocenters. The molecule has 4 rings (SSSR count). The van der Waals surface area contributed by atoms with Gasteiger partial charge in [0.1, 0.15) is 12.4 Å². The lowest BCUT2D eigenvalue weighted by atomic mass is 10.3. The van der Waals surface area contributed by atoms with Crippen LogP contribution in [-0.2, 0) is 4.79 Å². The van der Waals surface area contributed by atoms with Crippen LogP contribution in [0.4, 0.5) is 4.39 Å². The van der Waals surface area contributed by atoms with Gasteiger partial charge in [-0.05, 0) is 35.7 Å². The van der Waals surface area contributed by atoms with Crippen molar-refractivity contribution < 1.29 is 14.0 Å². The summed E-state index contributed by atoms with van der Waals surface area (Å²) in [5.41, 5.74) is 0.595. The molecule has 1 aliphatic heterocycles. The molecule has 26 heavy (non-hydrogen) atoms. The molecule has 0 atom stereocenters. The third kappa shape index (κ3) is 3.08.